The fourth-order valence-corrected chi connectivity index (χ4v) is 7.48. The van der Waals surface area contributed by atoms with Crippen molar-refractivity contribution in [2.24, 2.45) is 0 Å². The second-order valence-corrected chi connectivity index (χ2v) is 15.6. The van der Waals surface area contributed by atoms with Crippen LogP contribution in [0.25, 0.3) is 43.8 Å². The molecule has 0 amide bonds. The van der Waals surface area contributed by atoms with E-state index in [9.17, 15) is 29.7 Å². The number of methoxy groups -OCH3 is 4. The number of furan rings is 1. The Labute approximate surface area is 398 Å². The third kappa shape index (κ3) is 10.5. The molecule has 0 spiro atoms. The van der Waals surface area contributed by atoms with E-state index >= 15 is 0 Å². The first-order valence-electron chi connectivity index (χ1n) is 21.3. The smallest absolute Gasteiger partial charge is 0.378 e. The van der Waals surface area contributed by atoms with Gasteiger partial charge in [-0.15, -0.1) is 0 Å². The van der Waals surface area contributed by atoms with E-state index in [0.29, 0.717) is 28.4 Å². The molecule has 0 bridgehead atoms. The van der Waals surface area contributed by atoms with Crippen molar-refractivity contribution in [3.63, 3.8) is 0 Å². The number of carbonyl (C=O) groups is 3. The highest BCUT2D eigenvalue weighted by molar-refractivity contribution is 6.03. The molecule has 0 fully saturated rings. The molecule has 0 saturated heterocycles. The Balaban J connectivity index is 0.000000175. The summed E-state index contributed by atoms with van der Waals surface area (Å²) in [5, 5.41) is 69.9. The molecular formula is C52H48O18. The molecule has 9 rings (SSSR count). The van der Waals surface area contributed by atoms with Gasteiger partial charge in [0.2, 0.25) is 17.3 Å². The zero-order chi connectivity index (χ0) is 50.2. The molecule has 0 radical (unpaired) electrons. The number of ether oxygens (including phenoxy) is 7. The molecule has 364 valence electrons. The van der Waals surface area contributed by atoms with Crippen molar-refractivity contribution in [2.75, 3.05) is 41.7 Å². The molecule has 0 saturated carbocycles. The summed E-state index contributed by atoms with van der Waals surface area (Å²) in [6, 6.07) is 37.8. The Morgan fingerprint density at radius 1 is 0.586 bits per heavy atom. The number of aliphatic hydroxyl groups excluding tert-OH is 7. The fraction of sp³-hybridized carbons (Fsp3) is 0.212. The van der Waals surface area contributed by atoms with Gasteiger partial charge in [-0.25, -0.2) is 9.59 Å². The molecule has 2 aliphatic rings. The molecule has 6 aromatic carbocycles. The number of carbonyl (C=O) groups excluding carboxylic acids is 3. The minimum atomic E-state index is -1.57. The van der Waals surface area contributed by atoms with Crippen molar-refractivity contribution in [3.8, 4) is 34.3 Å². The number of esters is 2. The number of fused-ring (bicyclic) bond motifs is 3. The number of benzene rings is 6. The van der Waals surface area contributed by atoms with E-state index < -0.39 is 84.5 Å². The van der Waals surface area contributed by atoms with E-state index in [1.54, 1.807) is 50.6 Å². The summed E-state index contributed by atoms with van der Waals surface area (Å²) in [6.07, 6.45) is -7.23. The van der Waals surface area contributed by atoms with Gasteiger partial charge in [-0.3, -0.25) is 4.79 Å². The van der Waals surface area contributed by atoms with Crippen LogP contribution in [-0.4, -0.2) is 120 Å². The third-order valence-electron chi connectivity index (χ3n) is 11.2. The summed E-state index contributed by atoms with van der Waals surface area (Å²) in [5.74, 6) is -2.78. The minimum absolute atomic E-state index is 0.302. The van der Waals surface area contributed by atoms with Gasteiger partial charge in [0.25, 0.3) is 0 Å². The van der Waals surface area contributed by atoms with Crippen molar-refractivity contribution >= 4 is 50.2 Å². The molecule has 0 aliphatic carbocycles. The molecule has 7 aromatic rings. The first kappa shape index (κ1) is 49.6. The van der Waals surface area contributed by atoms with E-state index in [0.717, 1.165) is 38.8 Å². The Kier molecular flexibility index (Phi) is 15.4. The number of cyclic esters (lactones) is 2. The van der Waals surface area contributed by atoms with E-state index in [1.807, 2.05) is 54.6 Å². The summed E-state index contributed by atoms with van der Waals surface area (Å²) in [6.45, 7) is -1.44. The summed E-state index contributed by atoms with van der Waals surface area (Å²) < 4.78 is 42.6. The number of Topliss-reactive ketones (excluding diaryl/α,β-unsaturated/α-hetero) is 1. The van der Waals surface area contributed by atoms with Crippen molar-refractivity contribution in [1.82, 2.24) is 0 Å². The summed E-state index contributed by atoms with van der Waals surface area (Å²) >= 11 is 0. The minimum Gasteiger partial charge on any atom is -0.505 e. The highest BCUT2D eigenvalue weighted by Crippen LogP contribution is 2.39. The van der Waals surface area contributed by atoms with Gasteiger partial charge in [0.1, 0.15) is 35.2 Å². The van der Waals surface area contributed by atoms with Crippen LogP contribution in [-0.2, 0) is 23.8 Å². The van der Waals surface area contributed by atoms with Crippen LogP contribution < -0.4 is 18.9 Å². The molecule has 2 aliphatic heterocycles. The van der Waals surface area contributed by atoms with Crippen molar-refractivity contribution in [1.29, 1.82) is 0 Å². The maximum atomic E-state index is 13.8. The van der Waals surface area contributed by atoms with Crippen LogP contribution in [0.15, 0.2) is 149 Å². The van der Waals surface area contributed by atoms with Gasteiger partial charge in [-0.05, 0) is 57.9 Å². The Morgan fingerprint density at radius 3 is 1.70 bits per heavy atom. The van der Waals surface area contributed by atoms with Crippen LogP contribution >= 0.6 is 0 Å². The van der Waals surface area contributed by atoms with Gasteiger partial charge < -0.3 is 73.3 Å². The number of ketones is 1. The normalized spacial score (nSPS) is 16.6. The molecule has 5 atom stereocenters. The third-order valence-corrected chi connectivity index (χ3v) is 11.2. The molecular weight excluding hydrogens is 913 g/mol. The maximum absolute atomic E-state index is 13.8. The average molecular weight is 961 g/mol. The average Bonchev–Trinajstić information content (AvgIpc) is 4.05. The Hall–Kier alpha value is -8.29. The lowest BCUT2D eigenvalue weighted by atomic mass is 9.97. The fourth-order valence-electron chi connectivity index (χ4n) is 7.48. The predicted octanol–water partition coefficient (Wildman–Crippen LogP) is 6.71. The lowest BCUT2D eigenvalue weighted by Gasteiger charge is -2.24. The highest BCUT2D eigenvalue weighted by Gasteiger charge is 2.43. The summed E-state index contributed by atoms with van der Waals surface area (Å²) in [7, 11) is 6.17. The van der Waals surface area contributed by atoms with Gasteiger partial charge in [0.05, 0.1) is 41.7 Å². The molecule has 18 nitrogen and oxygen atoms in total. The zero-order valence-corrected chi connectivity index (χ0v) is 38.0. The van der Waals surface area contributed by atoms with Crippen molar-refractivity contribution in [2.45, 2.75) is 30.5 Å². The van der Waals surface area contributed by atoms with Crippen LogP contribution in [0.5, 0.6) is 23.0 Å². The van der Waals surface area contributed by atoms with E-state index in [1.165, 1.54) is 25.0 Å². The Morgan fingerprint density at radius 2 is 1.13 bits per heavy atom. The topological polar surface area (TPSA) is 271 Å². The highest BCUT2D eigenvalue weighted by atomic mass is 16.6. The maximum Gasteiger partial charge on any atom is 0.378 e. The molecule has 1 unspecified atom stereocenters. The first-order chi connectivity index (χ1) is 33.7. The molecule has 70 heavy (non-hydrogen) atoms. The number of hydrogen-bond donors (Lipinski definition) is 7. The van der Waals surface area contributed by atoms with Crippen molar-refractivity contribution in [3.05, 3.63) is 155 Å². The zero-order valence-electron chi connectivity index (χ0n) is 38.0. The van der Waals surface area contributed by atoms with Gasteiger partial charge in [-0.2, -0.15) is 0 Å². The second-order valence-electron chi connectivity index (χ2n) is 15.6. The standard InChI is InChI=1S/C26H24O9.C20H16O3.C6H8O6/c1-32-18-10-17(11-19(12-18)33-2)23(34-25-22(30)26(31)35-24(25)20(28)13-27)21(29)16-8-7-14-5-3-4-6-15(14)9-16;1-21-17-10-16-11-18(23-20(16)19(12-17)22-2)15-8-7-13-5-3-4-6-14(13)9-15;7-1-2(8)5-3(9)4(10)6(11)12-5/h3-12,20,23-24,27-28,30H,13H2,1-2H3;3-12H,1-2H3;2,5,7-10H,1H2/t20-,23?,24+;;2-,5+/m0.0/s1. The molecule has 1 aromatic heterocycles. The number of aliphatic hydroxyl groups is 7. The predicted molar refractivity (Wildman–Crippen MR) is 252 cm³/mol. The molecule has 7 N–H and O–H groups in total. The summed E-state index contributed by atoms with van der Waals surface area (Å²) in [5.41, 5.74) is 2.38. The van der Waals surface area contributed by atoms with E-state index in [-0.39, 0.29) is 0 Å². The van der Waals surface area contributed by atoms with Gasteiger partial charge in [0, 0.05) is 34.2 Å². The van der Waals surface area contributed by atoms with E-state index in [2.05, 4.69) is 35.1 Å². The summed E-state index contributed by atoms with van der Waals surface area (Å²) in [4.78, 5) is 36.3. The quantitative estimate of drug-likeness (QED) is 0.0441. The van der Waals surface area contributed by atoms with Crippen LogP contribution in [0, 0.1) is 0 Å². The van der Waals surface area contributed by atoms with Crippen LogP contribution in [0.1, 0.15) is 22.0 Å². The van der Waals surface area contributed by atoms with Crippen LogP contribution in [0.2, 0.25) is 0 Å². The van der Waals surface area contributed by atoms with Gasteiger partial charge in [-0.1, -0.05) is 72.8 Å². The lowest BCUT2D eigenvalue weighted by molar-refractivity contribution is -0.148. The number of hydrogen-bond acceptors (Lipinski definition) is 18. The van der Waals surface area contributed by atoms with Crippen LogP contribution in [0.4, 0.5) is 0 Å². The lowest BCUT2D eigenvalue weighted by Crippen LogP contribution is -2.33. The SMILES string of the molecule is COc1cc(OC)c2oc(-c3ccc4ccccc4c3)cc2c1.COc1cc(OC)cc(C(OC2=C(O)C(=O)O[C@@H]2[C@@H](O)CO)C(=O)c2ccc3ccccc3c2)c1.O=C1O[C@H]([C@@H](O)CO)C(O)=C1O. The second kappa shape index (κ2) is 21.8. The largest absolute Gasteiger partial charge is 0.505 e. The van der Waals surface area contributed by atoms with Crippen molar-refractivity contribution < 1.29 is 87.7 Å². The Bertz CT molecular complexity index is 3090. The number of rotatable bonds is 14. The molecule has 18 heteroatoms. The van der Waals surface area contributed by atoms with Gasteiger partial charge >= 0.3 is 11.9 Å². The molecule has 3 heterocycles. The first-order valence-corrected chi connectivity index (χ1v) is 21.3. The van der Waals surface area contributed by atoms with E-state index in [4.69, 9.17) is 53.3 Å². The van der Waals surface area contributed by atoms with Crippen LogP contribution in [0.3, 0.4) is 0 Å². The van der Waals surface area contributed by atoms with Gasteiger partial charge in [0.15, 0.2) is 41.2 Å². The monoisotopic (exact) mass is 960 g/mol.